The molecule has 0 saturated heterocycles. The molecular weight excluding hydrogens is 274 g/mol. The Morgan fingerprint density at radius 2 is 1.90 bits per heavy atom. The van der Waals surface area contributed by atoms with Crippen LogP contribution in [0.3, 0.4) is 0 Å². The maximum atomic E-state index is 11.5. The zero-order chi connectivity index (χ0) is 15.7. The zero-order valence-electron chi connectivity index (χ0n) is 12.2. The lowest BCUT2D eigenvalue weighted by molar-refractivity contribution is -0.151. The van der Waals surface area contributed by atoms with Crippen LogP contribution in [0.2, 0.25) is 0 Å². The number of ether oxygens (including phenoxy) is 2. The number of nitrogens with one attached hydrogen (secondary N) is 1. The summed E-state index contributed by atoms with van der Waals surface area (Å²) in [5.41, 5.74) is 0.869. The minimum absolute atomic E-state index is 0.0758. The van der Waals surface area contributed by atoms with Crippen molar-refractivity contribution >= 4 is 12.1 Å². The maximum absolute atomic E-state index is 11.5. The van der Waals surface area contributed by atoms with Crippen molar-refractivity contribution in [3.8, 4) is 0 Å². The van der Waals surface area contributed by atoms with Crippen molar-refractivity contribution in [3.05, 3.63) is 35.9 Å². The molecule has 6 nitrogen and oxygen atoms in total. The van der Waals surface area contributed by atoms with E-state index in [2.05, 4.69) is 5.32 Å². The van der Waals surface area contributed by atoms with Crippen LogP contribution < -0.4 is 5.32 Å². The highest BCUT2D eigenvalue weighted by atomic mass is 16.5. The Morgan fingerprint density at radius 3 is 2.52 bits per heavy atom. The smallest absolute Gasteiger partial charge is 0.407 e. The molecule has 0 bridgehead atoms. The van der Waals surface area contributed by atoms with Crippen molar-refractivity contribution in [2.45, 2.75) is 26.6 Å². The molecule has 1 rings (SSSR count). The van der Waals surface area contributed by atoms with Crippen LogP contribution >= 0.6 is 0 Å². The van der Waals surface area contributed by atoms with Gasteiger partial charge in [0.25, 0.3) is 0 Å². The molecule has 0 aliphatic rings. The largest absolute Gasteiger partial charge is 0.466 e. The molecule has 0 aromatic heterocycles. The Bertz CT molecular complexity index is 449. The normalized spacial score (nSPS) is 13.1. The quantitative estimate of drug-likeness (QED) is 0.744. The molecule has 0 heterocycles. The van der Waals surface area contributed by atoms with Crippen molar-refractivity contribution in [2.24, 2.45) is 5.92 Å². The summed E-state index contributed by atoms with van der Waals surface area (Å²) >= 11 is 0. The summed E-state index contributed by atoms with van der Waals surface area (Å²) in [4.78, 5) is 22.9. The van der Waals surface area contributed by atoms with Gasteiger partial charge in [-0.2, -0.15) is 0 Å². The summed E-state index contributed by atoms with van der Waals surface area (Å²) in [7, 11) is 0. The third-order valence-corrected chi connectivity index (χ3v) is 2.90. The number of hydrogen-bond acceptors (Lipinski definition) is 5. The number of amides is 1. The first-order valence-corrected chi connectivity index (χ1v) is 6.83. The molecule has 1 aromatic rings. The van der Waals surface area contributed by atoms with Gasteiger partial charge >= 0.3 is 12.1 Å². The number of rotatable bonds is 7. The van der Waals surface area contributed by atoms with Crippen LogP contribution in [0.5, 0.6) is 0 Å². The monoisotopic (exact) mass is 295 g/mol. The van der Waals surface area contributed by atoms with E-state index < -0.39 is 24.1 Å². The van der Waals surface area contributed by atoms with Gasteiger partial charge in [-0.15, -0.1) is 0 Å². The van der Waals surface area contributed by atoms with Crippen LogP contribution in [0, 0.1) is 5.92 Å². The average Bonchev–Trinajstić information content (AvgIpc) is 2.51. The molecule has 21 heavy (non-hydrogen) atoms. The lowest BCUT2D eigenvalue weighted by Crippen LogP contribution is -2.38. The molecule has 0 saturated carbocycles. The number of hydrogen-bond donors (Lipinski definition) is 2. The van der Waals surface area contributed by atoms with Crippen LogP contribution in [-0.4, -0.2) is 36.4 Å². The molecule has 0 spiro atoms. The Morgan fingerprint density at radius 1 is 1.24 bits per heavy atom. The van der Waals surface area contributed by atoms with Gasteiger partial charge in [0.05, 0.1) is 18.6 Å². The van der Waals surface area contributed by atoms with Gasteiger partial charge in [-0.05, 0) is 19.4 Å². The van der Waals surface area contributed by atoms with E-state index in [0.29, 0.717) is 0 Å². The second kappa shape index (κ2) is 8.97. The minimum Gasteiger partial charge on any atom is -0.466 e. The van der Waals surface area contributed by atoms with Crippen molar-refractivity contribution in [2.75, 3.05) is 13.2 Å². The van der Waals surface area contributed by atoms with Gasteiger partial charge in [0.15, 0.2) is 0 Å². The fourth-order valence-electron chi connectivity index (χ4n) is 1.57. The molecule has 1 amide bonds. The standard InChI is InChI=1S/C15H21NO5/c1-3-20-14(18)11(2)13(17)9-16-15(19)21-10-12-7-5-4-6-8-12/h4-8,11,13,17H,3,9-10H2,1-2H3,(H,16,19). The third-order valence-electron chi connectivity index (χ3n) is 2.90. The first kappa shape index (κ1) is 17.0. The van der Waals surface area contributed by atoms with Crippen LogP contribution in [0.25, 0.3) is 0 Å². The summed E-state index contributed by atoms with van der Waals surface area (Å²) in [6.07, 6.45) is -1.66. The van der Waals surface area contributed by atoms with E-state index in [1.54, 1.807) is 13.8 Å². The van der Waals surface area contributed by atoms with E-state index in [1.807, 2.05) is 30.3 Å². The second-order valence-corrected chi connectivity index (χ2v) is 4.55. The first-order valence-electron chi connectivity index (χ1n) is 6.83. The van der Waals surface area contributed by atoms with Crippen molar-refractivity contribution in [1.29, 1.82) is 0 Å². The number of alkyl carbamates (subject to hydrolysis) is 1. The lowest BCUT2D eigenvalue weighted by Gasteiger charge is -2.17. The molecule has 2 N–H and O–H groups in total. The van der Waals surface area contributed by atoms with Crippen molar-refractivity contribution in [1.82, 2.24) is 5.32 Å². The van der Waals surface area contributed by atoms with Gasteiger partial charge in [0.2, 0.25) is 0 Å². The van der Waals surface area contributed by atoms with Crippen LogP contribution in [-0.2, 0) is 20.9 Å². The van der Waals surface area contributed by atoms with Gasteiger partial charge < -0.3 is 19.9 Å². The summed E-state index contributed by atoms with van der Waals surface area (Å²) in [6.45, 7) is 3.56. The predicted octanol–water partition coefficient (Wildman–Crippen LogP) is 1.47. The Hall–Kier alpha value is -2.08. The molecule has 116 valence electrons. The number of esters is 1. The van der Waals surface area contributed by atoms with E-state index >= 15 is 0 Å². The highest BCUT2D eigenvalue weighted by molar-refractivity contribution is 5.73. The van der Waals surface area contributed by atoms with E-state index in [9.17, 15) is 14.7 Å². The number of benzene rings is 1. The van der Waals surface area contributed by atoms with Gasteiger partial charge in [-0.25, -0.2) is 4.79 Å². The Labute approximate surface area is 124 Å². The number of aliphatic hydroxyl groups is 1. The molecule has 2 unspecified atom stereocenters. The van der Waals surface area contributed by atoms with E-state index in [-0.39, 0.29) is 19.8 Å². The molecule has 0 aliphatic heterocycles. The van der Waals surface area contributed by atoms with Gasteiger partial charge in [0, 0.05) is 6.54 Å². The van der Waals surface area contributed by atoms with Gasteiger partial charge in [-0.3, -0.25) is 4.79 Å². The molecule has 0 radical (unpaired) electrons. The summed E-state index contributed by atoms with van der Waals surface area (Å²) in [5.74, 6) is -1.20. The summed E-state index contributed by atoms with van der Waals surface area (Å²) in [6, 6.07) is 9.25. The number of carbonyl (C=O) groups is 2. The average molecular weight is 295 g/mol. The van der Waals surface area contributed by atoms with Crippen LogP contribution in [0.15, 0.2) is 30.3 Å². The lowest BCUT2D eigenvalue weighted by atomic mass is 10.1. The van der Waals surface area contributed by atoms with Crippen molar-refractivity contribution < 1.29 is 24.2 Å². The molecule has 6 heteroatoms. The fraction of sp³-hybridized carbons (Fsp3) is 0.467. The zero-order valence-corrected chi connectivity index (χ0v) is 12.2. The Kier molecular flexibility index (Phi) is 7.25. The molecule has 1 aromatic carbocycles. The number of aliphatic hydroxyl groups excluding tert-OH is 1. The maximum Gasteiger partial charge on any atom is 0.407 e. The molecule has 0 fully saturated rings. The first-order chi connectivity index (χ1) is 10.0. The topological polar surface area (TPSA) is 84.9 Å². The van der Waals surface area contributed by atoms with E-state index in [0.717, 1.165) is 5.56 Å². The molecule has 0 aliphatic carbocycles. The van der Waals surface area contributed by atoms with Gasteiger partial charge in [-0.1, -0.05) is 30.3 Å². The second-order valence-electron chi connectivity index (χ2n) is 4.55. The third kappa shape index (κ3) is 6.27. The highest BCUT2D eigenvalue weighted by Gasteiger charge is 2.23. The van der Waals surface area contributed by atoms with Crippen molar-refractivity contribution in [3.63, 3.8) is 0 Å². The SMILES string of the molecule is CCOC(=O)C(C)C(O)CNC(=O)OCc1ccccc1. The molecular formula is C15H21NO5. The van der Waals surface area contributed by atoms with Crippen LogP contribution in [0.1, 0.15) is 19.4 Å². The van der Waals surface area contributed by atoms with E-state index in [4.69, 9.17) is 9.47 Å². The number of carbonyl (C=O) groups excluding carboxylic acids is 2. The predicted molar refractivity (Wildman–Crippen MR) is 76.4 cm³/mol. The summed E-state index contributed by atoms with van der Waals surface area (Å²) in [5, 5.41) is 12.2. The highest BCUT2D eigenvalue weighted by Crippen LogP contribution is 2.05. The van der Waals surface area contributed by atoms with Gasteiger partial charge in [0.1, 0.15) is 6.61 Å². The Balaban J connectivity index is 2.27. The van der Waals surface area contributed by atoms with Crippen LogP contribution in [0.4, 0.5) is 4.79 Å². The molecule has 2 atom stereocenters. The minimum atomic E-state index is -1.02. The summed E-state index contributed by atoms with van der Waals surface area (Å²) < 4.78 is 9.78. The van der Waals surface area contributed by atoms with E-state index in [1.165, 1.54) is 0 Å². The fourth-order valence-corrected chi connectivity index (χ4v) is 1.57.